The van der Waals surface area contributed by atoms with E-state index in [-0.39, 0.29) is 37.5 Å². The average Bonchev–Trinajstić information content (AvgIpc) is 3.96. The molecular weight excluding hydrogens is 1050 g/mol. The minimum atomic E-state index is -2.43. The fraction of sp³-hybridized carbons (Fsp3) is 0.159. The van der Waals surface area contributed by atoms with Gasteiger partial charge in [0.1, 0.15) is 0 Å². The first-order valence-corrected chi connectivity index (χ1v) is 27.3. The fourth-order valence-corrected chi connectivity index (χ4v) is 10.7. The van der Waals surface area contributed by atoms with E-state index < -0.39 is 14.9 Å². The predicted octanol–water partition coefficient (Wildman–Crippen LogP) is 16.6. The zero-order valence-electron chi connectivity index (χ0n) is 43.4. The van der Waals surface area contributed by atoms with Gasteiger partial charge in [-0.2, -0.15) is 0 Å². The van der Waals surface area contributed by atoms with E-state index in [2.05, 4.69) is 172 Å². The van der Waals surface area contributed by atoms with Crippen molar-refractivity contribution in [1.29, 1.82) is 0 Å². The molecule has 0 fully saturated rings. The van der Waals surface area contributed by atoms with E-state index >= 15 is 0 Å². The first-order valence-electron chi connectivity index (χ1n) is 25.3. The van der Waals surface area contributed by atoms with Gasteiger partial charge in [-0.25, -0.2) is 4.98 Å². The molecule has 0 aliphatic heterocycles. The third-order valence-electron chi connectivity index (χ3n) is 13.4. The van der Waals surface area contributed by atoms with E-state index in [9.17, 15) is 0 Å². The Bertz CT molecular complexity index is 3980. The van der Waals surface area contributed by atoms with Crippen molar-refractivity contribution in [2.24, 2.45) is 0 Å². The van der Waals surface area contributed by atoms with Crippen molar-refractivity contribution in [2.45, 2.75) is 66.0 Å². The Labute approximate surface area is 428 Å². The molecule has 4 aromatic heterocycles. The summed E-state index contributed by atoms with van der Waals surface area (Å²) in [6.45, 7) is 13.5. The summed E-state index contributed by atoms with van der Waals surface area (Å²) in [7, 11) is -1.23. The number of pyridine rings is 2. The molecule has 12 aromatic rings. The molecule has 4 heterocycles. The van der Waals surface area contributed by atoms with Gasteiger partial charge in [-0.15, -0.1) is 53.6 Å². The summed E-state index contributed by atoms with van der Waals surface area (Å²) in [4.78, 5) is 15.0. The van der Waals surface area contributed by atoms with Crippen molar-refractivity contribution in [3.05, 3.63) is 199 Å². The van der Waals surface area contributed by atoms with Crippen LogP contribution in [0.5, 0.6) is 0 Å². The molecule has 1 radical (unpaired) electrons. The minimum absolute atomic E-state index is 0. The van der Waals surface area contributed by atoms with E-state index in [1.807, 2.05) is 60.8 Å². The molecule has 5 nitrogen and oxygen atoms in total. The van der Waals surface area contributed by atoms with E-state index in [4.69, 9.17) is 18.5 Å². The van der Waals surface area contributed by atoms with Crippen LogP contribution in [0.2, 0.25) is 19.6 Å². The Morgan fingerprint density at radius 3 is 1.99 bits per heavy atom. The maximum absolute atomic E-state index is 8.64. The zero-order chi connectivity index (χ0) is 50.1. The van der Waals surface area contributed by atoms with Gasteiger partial charge >= 0.3 is 0 Å². The number of rotatable bonds is 7. The summed E-state index contributed by atoms with van der Waals surface area (Å²) < 4.78 is 35.0. The molecule has 70 heavy (non-hydrogen) atoms. The summed E-state index contributed by atoms with van der Waals surface area (Å²) >= 11 is 0. The largest absolute Gasteiger partial charge is 0.486 e. The van der Waals surface area contributed by atoms with Crippen LogP contribution in [0, 0.1) is 19.0 Å². The topological polar surface area (TPSA) is 56.7 Å². The number of nitrogens with zero attached hydrogens (tertiary/aromatic N) is 4. The molecule has 0 aliphatic carbocycles. The monoisotopic (exact) mass is 1110 g/mol. The fourth-order valence-electron chi connectivity index (χ4n) is 9.70. The molecule has 347 valence electrons. The van der Waals surface area contributed by atoms with Crippen molar-refractivity contribution in [3.63, 3.8) is 0 Å². The van der Waals surface area contributed by atoms with Crippen LogP contribution in [0.3, 0.4) is 0 Å². The predicted molar refractivity (Wildman–Crippen MR) is 293 cm³/mol. The first kappa shape index (κ1) is 43.0. The van der Waals surface area contributed by atoms with Crippen LogP contribution in [-0.4, -0.2) is 27.6 Å². The SMILES string of the molecule is C[Si](C)(C)c1ccc(-c2[c-]cccc2)nc1.[2H]C([2H])([2H])c1c[c-]c(-c2nc3ccc4ccccc4c3n2-c2c(C(C)C)cc(-c3ccccc3)cc2C(C)C)c2oc3nc4c(ccc5ccccc54)cc3c12.[Ir]. The third-order valence-corrected chi connectivity index (χ3v) is 15.4. The number of hydrogen-bond donors (Lipinski definition) is 0. The Kier molecular flexibility index (Phi) is 11.5. The van der Waals surface area contributed by atoms with Crippen LogP contribution in [0.1, 0.15) is 60.3 Å². The Hall–Kier alpha value is -7.02. The molecule has 0 N–H and O–H groups in total. The van der Waals surface area contributed by atoms with Crippen LogP contribution >= 0.6 is 0 Å². The van der Waals surface area contributed by atoms with Crippen molar-refractivity contribution in [2.75, 3.05) is 0 Å². The third kappa shape index (κ3) is 8.36. The molecule has 0 spiro atoms. The number of hydrogen-bond acceptors (Lipinski definition) is 4. The summed E-state index contributed by atoms with van der Waals surface area (Å²) in [5.41, 5.74) is 11.9. The van der Waals surface area contributed by atoms with Crippen molar-refractivity contribution in [1.82, 2.24) is 19.5 Å². The van der Waals surface area contributed by atoms with Gasteiger partial charge in [0.2, 0.25) is 5.71 Å². The van der Waals surface area contributed by atoms with Crippen molar-refractivity contribution >= 4 is 78.8 Å². The van der Waals surface area contributed by atoms with Crippen LogP contribution < -0.4 is 5.19 Å². The van der Waals surface area contributed by atoms with E-state index in [1.165, 1.54) is 16.3 Å². The van der Waals surface area contributed by atoms with Crippen LogP contribution in [0.25, 0.3) is 105 Å². The van der Waals surface area contributed by atoms with E-state index in [1.54, 1.807) is 6.07 Å². The number of fused-ring (bicyclic) bond motifs is 9. The van der Waals surface area contributed by atoms with Crippen LogP contribution in [-0.2, 0) is 20.1 Å². The summed E-state index contributed by atoms with van der Waals surface area (Å²) in [6, 6.07) is 62.5. The second kappa shape index (κ2) is 18.7. The van der Waals surface area contributed by atoms with Crippen molar-refractivity contribution < 1.29 is 28.6 Å². The summed E-state index contributed by atoms with van der Waals surface area (Å²) in [5.74, 6) is 0.945. The number of furan rings is 1. The molecule has 0 aliphatic rings. The smallest absolute Gasteiger partial charge is 0.216 e. The molecule has 8 aromatic carbocycles. The second-order valence-corrected chi connectivity index (χ2v) is 24.7. The van der Waals surface area contributed by atoms with Gasteiger partial charge in [0.25, 0.3) is 0 Å². The molecule has 0 saturated heterocycles. The van der Waals surface area contributed by atoms with Crippen molar-refractivity contribution in [3.8, 4) is 39.5 Å². The maximum Gasteiger partial charge on any atom is 0.216 e. The minimum Gasteiger partial charge on any atom is -0.486 e. The van der Waals surface area contributed by atoms with Gasteiger partial charge in [-0.05, 0) is 80.0 Å². The summed E-state index contributed by atoms with van der Waals surface area (Å²) in [6.07, 6.45) is 2.02. The van der Waals surface area contributed by atoms with E-state index in [0.29, 0.717) is 33.5 Å². The molecule has 0 bridgehead atoms. The number of aryl methyl sites for hydroxylation is 1. The first-order chi connectivity index (χ1) is 34.6. The average molecular weight is 1110 g/mol. The molecule has 0 amide bonds. The Morgan fingerprint density at radius 1 is 0.643 bits per heavy atom. The maximum atomic E-state index is 8.64. The second-order valence-electron chi connectivity index (χ2n) is 19.6. The molecule has 0 unspecified atom stereocenters. The van der Waals surface area contributed by atoms with Crippen LogP contribution in [0.15, 0.2) is 174 Å². The molecule has 0 atom stereocenters. The van der Waals surface area contributed by atoms with E-state index in [0.717, 1.165) is 71.6 Å². The molecule has 0 saturated carbocycles. The standard InChI is InChI=1S/C49H38N3O.C14H16NSi.Ir/c1-28(2)39-26-35(31-13-7-6-8-14-31)27-40(29(3)4)45(39)52-46-37-18-12-10-16-33(37)22-24-42(46)50-48(52)38-23-19-30(5)43-41-25-34-21-20-32-15-9-11-17-36(32)44(34)51-49(41)53-47(38)43;1-16(2,3)13-9-10-14(15-11-13)12-7-5-4-6-8-12;/h6-22,24-29H,1-5H3;4-7,9-11H,1-3H3;/q2*-1;/i5D3;;. The van der Waals surface area contributed by atoms with Crippen LogP contribution in [0.4, 0.5) is 0 Å². The van der Waals surface area contributed by atoms with Gasteiger partial charge in [0.15, 0.2) is 0 Å². The number of benzene rings is 8. The van der Waals surface area contributed by atoms with Gasteiger partial charge in [-0.1, -0.05) is 174 Å². The molecular formula is C63H54IrN4OSi-2. The summed E-state index contributed by atoms with van der Waals surface area (Å²) in [5, 5.41) is 7.70. The van der Waals surface area contributed by atoms with Gasteiger partial charge in [-0.3, -0.25) is 4.98 Å². The molecule has 7 heteroatoms. The van der Waals surface area contributed by atoms with Gasteiger partial charge in [0, 0.05) is 57.6 Å². The Morgan fingerprint density at radius 2 is 1.31 bits per heavy atom. The Balaban J connectivity index is 0.000000307. The normalized spacial score (nSPS) is 12.7. The number of imidazole rings is 1. The number of aromatic nitrogens is 4. The molecule has 12 rings (SSSR count). The zero-order valence-corrected chi connectivity index (χ0v) is 43.7. The van der Waals surface area contributed by atoms with Gasteiger partial charge < -0.3 is 14.0 Å². The quantitative estimate of drug-likeness (QED) is 0.0907. The van der Waals surface area contributed by atoms with Gasteiger partial charge in [0.05, 0.1) is 36.0 Å².